The molecular formula is C15H18N2O4. The molecule has 0 radical (unpaired) electrons. The number of hydrogen-bond acceptors (Lipinski definition) is 3. The molecule has 1 aliphatic heterocycles. The molecule has 0 spiro atoms. The fourth-order valence-corrected chi connectivity index (χ4v) is 2.35. The number of nitrogens with zero attached hydrogens (tertiary/aromatic N) is 1. The summed E-state index contributed by atoms with van der Waals surface area (Å²) in [5.74, 6) is -1.26. The molecule has 0 aromatic heterocycles. The second kappa shape index (κ2) is 6.88. The molecule has 6 nitrogen and oxygen atoms in total. The molecule has 21 heavy (non-hydrogen) atoms. The second-order valence-corrected chi connectivity index (χ2v) is 5.05. The van der Waals surface area contributed by atoms with Crippen LogP contribution in [-0.4, -0.2) is 40.9 Å². The number of anilines is 1. The zero-order valence-electron chi connectivity index (χ0n) is 11.7. The maximum atomic E-state index is 12.0. The van der Waals surface area contributed by atoms with Crippen molar-refractivity contribution in [2.45, 2.75) is 25.7 Å². The molecule has 1 aromatic carbocycles. The van der Waals surface area contributed by atoms with Crippen molar-refractivity contribution in [1.29, 1.82) is 0 Å². The summed E-state index contributed by atoms with van der Waals surface area (Å²) in [6.07, 6.45) is 2.12. The van der Waals surface area contributed by atoms with Crippen LogP contribution in [0.5, 0.6) is 0 Å². The Kier molecular flexibility index (Phi) is 4.92. The molecule has 0 atom stereocenters. The summed E-state index contributed by atoms with van der Waals surface area (Å²) < 4.78 is 0. The summed E-state index contributed by atoms with van der Waals surface area (Å²) in [6, 6.07) is 6.78. The Morgan fingerprint density at radius 2 is 2.00 bits per heavy atom. The van der Waals surface area contributed by atoms with Gasteiger partial charge in [-0.15, -0.1) is 0 Å². The van der Waals surface area contributed by atoms with E-state index in [0.717, 1.165) is 12.8 Å². The number of piperidine rings is 1. The number of likely N-dealkylation sites (tertiary alicyclic amines) is 1. The minimum Gasteiger partial charge on any atom is -0.481 e. The highest BCUT2D eigenvalue weighted by Gasteiger charge is 2.20. The fourth-order valence-electron chi connectivity index (χ4n) is 2.35. The molecule has 1 fully saturated rings. The van der Waals surface area contributed by atoms with Crippen molar-refractivity contribution in [3.63, 3.8) is 0 Å². The van der Waals surface area contributed by atoms with Gasteiger partial charge in [0.1, 0.15) is 0 Å². The maximum Gasteiger partial charge on any atom is 0.307 e. The summed E-state index contributed by atoms with van der Waals surface area (Å²) in [5.41, 5.74) is 1.03. The van der Waals surface area contributed by atoms with Crippen LogP contribution in [0.1, 0.15) is 24.8 Å². The summed E-state index contributed by atoms with van der Waals surface area (Å²) in [4.78, 5) is 36.0. The van der Waals surface area contributed by atoms with Gasteiger partial charge in [0.05, 0.1) is 13.0 Å². The first kappa shape index (κ1) is 15.0. The molecule has 2 rings (SSSR count). The Morgan fingerprint density at radius 3 is 2.71 bits per heavy atom. The average Bonchev–Trinajstić information content (AvgIpc) is 2.43. The smallest absolute Gasteiger partial charge is 0.307 e. The Hall–Kier alpha value is -2.37. The van der Waals surface area contributed by atoms with Gasteiger partial charge in [0.25, 0.3) is 0 Å². The van der Waals surface area contributed by atoms with Gasteiger partial charge in [-0.25, -0.2) is 0 Å². The number of aliphatic carboxylic acids is 1. The highest BCUT2D eigenvalue weighted by Crippen LogP contribution is 2.16. The van der Waals surface area contributed by atoms with Gasteiger partial charge < -0.3 is 15.3 Å². The summed E-state index contributed by atoms with van der Waals surface area (Å²) in [6.45, 7) is 0.614. The molecule has 1 aliphatic rings. The molecule has 1 saturated heterocycles. The maximum absolute atomic E-state index is 12.0. The van der Waals surface area contributed by atoms with Crippen molar-refractivity contribution in [3.8, 4) is 0 Å². The number of rotatable bonds is 5. The number of para-hydroxylation sites is 1. The van der Waals surface area contributed by atoms with Crippen LogP contribution in [0.2, 0.25) is 0 Å². The largest absolute Gasteiger partial charge is 0.481 e. The standard InChI is InChI=1S/C15H18N2O4/c18-13(10-17-8-4-3-7-14(17)19)16-12-6-2-1-5-11(12)9-15(20)21/h1-2,5-6H,3-4,7-10H2,(H,16,18)(H,20,21). The van der Waals surface area contributed by atoms with Crippen molar-refractivity contribution in [2.75, 3.05) is 18.4 Å². The Bertz CT molecular complexity index is 556. The van der Waals surface area contributed by atoms with Crippen LogP contribution in [0.3, 0.4) is 0 Å². The van der Waals surface area contributed by atoms with E-state index in [-0.39, 0.29) is 24.8 Å². The van der Waals surface area contributed by atoms with Crippen LogP contribution in [-0.2, 0) is 20.8 Å². The van der Waals surface area contributed by atoms with Crippen LogP contribution in [0.4, 0.5) is 5.69 Å². The van der Waals surface area contributed by atoms with Gasteiger partial charge in [-0.05, 0) is 24.5 Å². The van der Waals surface area contributed by atoms with E-state index >= 15 is 0 Å². The zero-order valence-corrected chi connectivity index (χ0v) is 11.7. The van der Waals surface area contributed by atoms with Crippen molar-refractivity contribution in [3.05, 3.63) is 29.8 Å². The van der Waals surface area contributed by atoms with Gasteiger partial charge in [-0.1, -0.05) is 18.2 Å². The number of benzene rings is 1. The molecule has 2 amide bonds. The van der Waals surface area contributed by atoms with E-state index in [0.29, 0.717) is 24.2 Å². The molecule has 1 aromatic rings. The number of carbonyl (C=O) groups is 3. The molecule has 1 heterocycles. The highest BCUT2D eigenvalue weighted by atomic mass is 16.4. The third-order valence-corrected chi connectivity index (χ3v) is 3.39. The van der Waals surface area contributed by atoms with Crippen molar-refractivity contribution >= 4 is 23.5 Å². The van der Waals surface area contributed by atoms with E-state index < -0.39 is 5.97 Å². The summed E-state index contributed by atoms with van der Waals surface area (Å²) in [7, 11) is 0. The summed E-state index contributed by atoms with van der Waals surface area (Å²) >= 11 is 0. The van der Waals surface area contributed by atoms with Gasteiger partial charge in [-0.2, -0.15) is 0 Å². The molecular weight excluding hydrogens is 272 g/mol. The Labute approximate surface area is 122 Å². The SMILES string of the molecule is O=C(O)Cc1ccccc1NC(=O)CN1CCCCC1=O. The van der Waals surface area contributed by atoms with Crippen LogP contribution < -0.4 is 5.32 Å². The van der Waals surface area contributed by atoms with Crippen LogP contribution in [0.25, 0.3) is 0 Å². The number of nitrogens with one attached hydrogen (secondary N) is 1. The topological polar surface area (TPSA) is 86.7 Å². The van der Waals surface area contributed by atoms with E-state index in [4.69, 9.17) is 5.11 Å². The number of carboxylic acids is 1. The lowest BCUT2D eigenvalue weighted by atomic mass is 10.1. The van der Waals surface area contributed by atoms with Crippen LogP contribution in [0.15, 0.2) is 24.3 Å². The van der Waals surface area contributed by atoms with E-state index in [2.05, 4.69) is 5.32 Å². The Balaban J connectivity index is 1.99. The number of hydrogen-bond donors (Lipinski definition) is 2. The summed E-state index contributed by atoms with van der Waals surface area (Å²) in [5, 5.41) is 11.5. The zero-order chi connectivity index (χ0) is 15.2. The lowest BCUT2D eigenvalue weighted by Crippen LogP contribution is -2.40. The van der Waals surface area contributed by atoms with Crippen LogP contribution in [0, 0.1) is 0 Å². The first-order valence-electron chi connectivity index (χ1n) is 6.93. The van der Waals surface area contributed by atoms with E-state index in [1.165, 1.54) is 0 Å². The van der Waals surface area contributed by atoms with Gasteiger partial charge in [0.2, 0.25) is 11.8 Å². The number of carboxylic acid groups (broad SMARTS) is 1. The molecule has 6 heteroatoms. The quantitative estimate of drug-likeness (QED) is 0.855. The average molecular weight is 290 g/mol. The lowest BCUT2D eigenvalue weighted by Gasteiger charge is -2.26. The van der Waals surface area contributed by atoms with Crippen molar-refractivity contribution in [2.24, 2.45) is 0 Å². The predicted molar refractivity (Wildman–Crippen MR) is 76.8 cm³/mol. The molecule has 2 N–H and O–H groups in total. The first-order chi connectivity index (χ1) is 10.1. The predicted octanol–water partition coefficient (Wildman–Crippen LogP) is 1.26. The molecule has 112 valence electrons. The van der Waals surface area contributed by atoms with Crippen molar-refractivity contribution < 1.29 is 19.5 Å². The van der Waals surface area contributed by atoms with Gasteiger partial charge >= 0.3 is 5.97 Å². The first-order valence-corrected chi connectivity index (χ1v) is 6.93. The minimum absolute atomic E-state index is 0.00442. The number of carbonyl (C=O) groups excluding carboxylic acids is 2. The minimum atomic E-state index is -0.956. The number of amides is 2. The fraction of sp³-hybridized carbons (Fsp3) is 0.400. The van der Waals surface area contributed by atoms with E-state index in [9.17, 15) is 14.4 Å². The Morgan fingerprint density at radius 1 is 1.24 bits per heavy atom. The third-order valence-electron chi connectivity index (χ3n) is 3.39. The normalized spacial score (nSPS) is 14.9. The van der Waals surface area contributed by atoms with Gasteiger partial charge in [-0.3, -0.25) is 14.4 Å². The monoisotopic (exact) mass is 290 g/mol. The van der Waals surface area contributed by atoms with Gasteiger partial charge in [0.15, 0.2) is 0 Å². The molecule has 0 aliphatic carbocycles. The third kappa shape index (κ3) is 4.30. The molecule has 0 unspecified atom stereocenters. The molecule has 0 saturated carbocycles. The van der Waals surface area contributed by atoms with E-state index in [1.807, 2.05) is 0 Å². The van der Waals surface area contributed by atoms with Gasteiger partial charge in [0, 0.05) is 18.7 Å². The highest BCUT2D eigenvalue weighted by molar-refractivity contribution is 5.95. The molecule has 0 bridgehead atoms. The van der Waals surface area contributed by atoms with Crippen LogP contribution >= 0.6 is 0 Å². The second-order valence-electron chi connectivity index (χ2n) is 5.05. The van der Waals surface area contributed by atoms with E-state index in [1.54, 1.807) is 29.2 Å². The lowest BCUT2D eigenvalue weighted by molar-refractivity contribution is -0.136. The van der Waals surface area contributed by atoms with Crippen molar-refractivity contribution in [1.82, 2.24) is 4.90 Å².